The summed E-state index contributed by atoms with van der Waals surface area (Å²) >= 11 is 0. The second-order valence-corrected chi connectivity index (χ2v) is 27.8. The van der Waals surface area contributed by atoms with Crippen LogP contribution in [0.3, 0.4) is 0 Å². The van der Waals surface area contributed by atoms with Crippen LogP contribution in [0.25, 0.3) is 76.8 Å². The maximum absolute atomic E-state index is 2.65. The monoisotopic (exact) mass is 1140 g/mol. The van der Waals surface area contributed by atoms with E-state index in [4.69, 9.17) is 0 Å². The van der Waals surface area contributed by atoms with Crippen LogP contribution < -0.4 is 9.80 Å². The maximum atomic E-state index is 2.65. The Kier molecular flexibility index (Phi) is 13.0. The molecule has 0 saturated heterocycles. The van der Waals surface area contributed by atoms with Gasteiger partial charge in [0.25, 0.3) is 0 Å². The Hall–Kier alpha value is -8.72. The molecular weight excluding hydrogens is 1060 g/mol. The van der Waals surface area contributed by atoms with Crippen molar-refractivity contribution in [3.8, 4) is 44.5 Å². The van der Waals surface area contributed by atoms with Crippen LogP contribution >= 0.6 is 0 Å². The van der Waals surface area contributed by atoms with Crippen molar-refractivity contribution in [2.45, 2.75) is 142 Å². The summed E-state index contributed by atoms with van der Waals surface area (Å²) in [4.78, 5) is 5.30. The van der Waals surface area contributed by atoms with Crippen molar-refractivity contribution in [3.63, 3.8) is 0 Å². The quantitative estimate of drug-likeness (QED) is 0.126. The van der Waals surface area contributed by atoms with E-state index in [0.717, 1.165) is 0 Å². The molecule has 0 heterocycles. The van der Waals surface area contributed by atoms with E-state index in [1.54, 1.807) is 11.1 Å². The lowest BCUT2D eigenvalue weighted by Crippen LogP contribution is -2.17. The Morgan fingerprint density at radius 3 is 1.10 bits per heavy atom. The largest absolute Gasteiger partial charge is 0.309 e. The van der Waals surface area contributed by atoms with Crippen LogP contribution in [0, 0.1) is 27.7 Å². The Bertz CT molecular complexity index is 4440. The van der Waals surface area contributed by atoms with Gasteiger partial charge in [-0.25, -0.2) is 0 Å². The predicted molar refractivity (Wildman–Crippen MR) is 376 cm³/mol. The van der Waals surface area contributed by atoms with Crippen LogP contribution in [0.4, 0.5) is 34.1 Å². The molecule has 0 aromatic heterocycles. The number of hydrogen-bond donors (Lipinski definition) is 0. The molecule has 4 aliphatic rings. The summed E-state index contributed by atoms with van der Waals surface area (Å²) in [6.45, 7) is 19.2. The van der Waals surface area contributed by atoms with E-state index in [1.807, 2.05) is 0 Å². The molecule has 2 saturated carbocycles. The summed E-state index contributed by atoms with van der Waals surface area (Å²) < 4.78 is 0. The normalized spacial score (nSPS) is 16.0. The number of hydrogen-bond acceptors (Lipinski definition) is 2. The molecule has 0 unspecified atom stereocenters. The zero-order valence-corrected chi connectivity index (χ0v) is 52.8. The lowest BCUT2D eigenvalue weighted by molar-refractivity contribution is 0.444. The van der Waals surface area contributed by atoms with Crippen molar-refractivity contribution in [3.05, 3.63) is 262 Å². The van der Waals surface area contributed by atoms with E-state index in [9.17, 15) is 0 Å². The van der Waals surface area contributed by atoms with Gasteiger partial charge in [0.1, 0.15) is 0 Å². The van der Waals surface area contributed by atoms with Crippen molar-refractivity contribution in [2.24, 2.45) is 0 Å². The van der Waals surface area contributed by atoms with E-state index in [2.05, 4.69) is 271 Å². The third kappa shape index (κ3) is 8.55. The number of anilines is 6. The first-order valence-corrected chi connectivity index (χ1v) is 33.0. The Labute approximate surface area is 521 Å². The summed E-state index contributed by atoms with van der Waals surface area (Å²) in [5.74, 6) is 1.17. The fourth-order valence-corrected chi connectivity index (χ4v) is 17.2. The topological polar surface area (TPSA) is 6.48 Å². The molecule has 88 heavy (non-hydrogen) atoms. The fourth-order valence-electron chi connectivity index (χ4n) is 17.2. The van der Waals surface area contributed by atoms with E-state index >= 15 is 0 Å². The SMILES string of the molecule is Cc1ccc(-c2ccccc2)cc1N(c1cc2c(cc1C)C(C)(C)c1cccc(C3CCCCC3)c1-2)c1ccc2ccc3c(N(c4cc(-c5ccccc5)ccc4C)c4cc5c(cc4C)C(C)(C)c4cccc(C6CCCCC6)c4-5)ccc4ccc1c2c43. The lowest BCUT2D eigenvalue weighted by Gasteiger charge is -2.33. The molecule has 0 N–H and O–H groups in total. The van der Waals surface area contributed by atoms with Gasteiger partial charge in [-0.1, -0.05) is 236 Å². The van der Waals surface area contributed by atoms with Gasteiger partial charge in [0.15, 0.2) is 0 Å². The molecule has 0 spiro atoms. The van der Waals surface area contributed by atoms with Crippen molar-refractivity contribution < 1.29 is 0 Å². The number of benzene rings is 12. The van der Waals surface area contributed by atoms with Crippen LogP contribution in [0.5, 0.6) is 0 Å². The highest BCUT2D eigenvalue weighted by Gasteiger charge is 2.41. The fraction of sp³-hybridized carbons (Fsp3) is 0.256. The zero-order valence-electron chi connectivity index (χ0n) is 52.8. The molecule has 16 rings (SSSR count). The molecule has 4 aliphatic carbocycles. The third-order valence-electron chi connectivity index (χ3n) is 21.9. The van der Waals surface area contributed by atoms with Gasteiger partial charge in [-0.2, -0.15) is 0 Å². The van der Waals surface area contributed by atoms with Crippen LogP contribution in [0.15, 0.2) is 206 Å². The molecule has 0 radical (unpaired) electrons. The van der Waals surface area contributed by atoms with Gasteiger partial charge in [0, 0.05) is 44.4 Å². The smallest absolute Gasteiger partial charge is 0.0540 e. The van der Waals surface area contributed by atoms with Gasteiger partial charge in [-0.05, 0) is 223 Å². The maximum Gasteiger partial charge on any atom is 0.0540 e. The average Bonchev–Trinajstić information content (AvgIpc) is 1.95. The van der Waals surface area contributed by atoms with Crippen molar-refractivity contribution in [1.82, 2.24) is 0 Å². The van der Waals surface area contributed by atoms with Gasteiger partial charge in [-0.3, -0.25) is 0 Å². The number of aryl methyl sites for hydroxylation is 4. The number of fused-ring (bicyclic) bond motifs is 6. The van der Waals surface area contributed by atoms with Gasteiger partial charge >= 0.3 is 0 Å². The molecular formula is C86H80N2. The predicted octanol–water partition coefficient (Wildman–Crippen LogP) is 24.8. The number of nitrogens with zero attached hydrogens (tertiary/aromatic N) is 2. The zero-order chi connectivity index (χ0) is 59.7. The van der Waals surface area contributed by atoms with Gasteiger partial charge in [0.05, 0.1) is 11.4 Å². The van der Waals surface area contributed by atoms with E-state index in [-0.39, 0.29) is 10.8 Å². The minimum Gasteiger partial charge on any atom is -0.309 e. The molecule has 0 amide bonds. The summed E-state index contributed by atoms with van der Waals surface area (Å²) in [5.41, 5.74) is 31.6. The molecule has 2 nitrogen and oxygen atoms in total. The molecule has 2 heteroatoms. The second kappa shape index (κ2) is 21.0. The summed E-state index contributed by atoms with van der Waals surface area (Å²) in [7, 11) is 0. The molecule has 0 aliphatic heterocycles. The Morgan fingerprint density at radius 1 is 0.307 bits per heavy atom. The van der Waals surface area contributed by atoms with Crippen LogP contribution in [-0.4, -0.2) is 0 Å². The summed E-state index contributed by atoms with van der Waals surface area (Å²) in [6.07, 6.45) is 13.0. The van der Waals surface area contributed by atoms with Gasteiger partial charge < -0.3 is 9.80 Å². The first-order valence-electron chi connectivity index (χ1n) is 33.0. The minimum absolute atomic E-state index is 0.121. The minimum atomic E-state index is -0.121. The first-order chi connectivity index (χ1) is 42.8. The summed E-state index contributed by atoms with van der Waals surface area (Å²) in [5, 5.41) is 7.59. The average molecular weight is 1140 g/mol. The lowest BCUT2D eigenvalue weighted by atomic mass is 9.78. The van der Waals surface area contributed by atoms with E-state index in [0.29, 0.717) is 11.8 Å². The van der Waals surface area contributed by atoms with Crippen molar-refractivity contribution >= 4 is 66.4 Å². The van der Waals surface area contributed by atoms with Gasteiger partial charge in [0.2, 0.25) is 0 Å². The van der Waals surface area contributed by atoms with Crippen LogP contribution in [0.1, 0.15) is 159 Å². The second-order valence-electron chi connectivity index (χ2n) is 27.8. The first kappa shape index (κ1) is 54.7. The van der Waals surface area contributed by atoms with Crippen molar-refractivity contribution in [1.29, 1.82) is 0 Å². The number of rotatable bonds is 10. The van der Waals surface area contributed by atoms with Crippen LogP contribution in [0.2, 0.25) is 0 Å². The molecule has 2 fully saturated rings. The molecule has 434 valence electrons. The van der Waals surface area contributed by atoms with E-state index in [1.165, 1.54) is 220 Å². The molecule has 0 bridgehead atoms. The highest BCUT2D eigenvalue weighted by Crippen LogP contribution is 2.59. The molecule has 0 atom stereocenters. The highest BCUT2D eigenvalue weighted by atomic mass is 15.2. The van der Waals surface area contributed by atoms with Gasteiger partial charge in [-0.15, -0.1) is 0 Å². The van der Waals surface area contributed by atoms with Crippen LogP contribution in [-0.2, 0) is 10.8 Å². The molecule has 12 aromatic carbocycles. The van der Waals surface area contributed by atoms with E-state index < -0.39 is 0 Å². The Balaban J connectivity index is 0.941. The highest BCUT2D eigenvalue weighted by molar-refractivity contribution is 6.28. The third-order valence-corrected chi connectivity index (χ3v) is 21.9. The Morgan fingerprint density at radius 2 is 0.693 bits per heavy atom. The molecule has 12 aromatic rings. The standard InChI is InChI=1S/C86H80N2/c1-53-35-37-63(57-23-13-9-14-24-57)49-77(53)87(79-51-69-73(47-55(79)3)85(5,6)71-33-21-31-65(83(69)71)59-27-17-11-18-28-59)75-45-41-61-40-44-68-76(46-42-62-39-43-67(75)81(61)82(62)68)88(78-50-64(38-36-54(78)2)58-25-15-10-16-26-58)80-52-70-74(48-56(80)4)86(7,8)72-34-22-32-66(84(70)72)60-29-19-12-20-30-60/h9-10,13-16,21-26,31-52,59-60H,11-12,17-20,27-30H2,1-8H3. The van der Waals surface area contributed by atoms with Crippen molar-refractivity contribution in [2.75, 3.05) is 9.80 Å². The summed E-state index contributed by atoms with van der Waals surface area (Å²) in [6, 6.07) is 80.3.